The second kappa shape index (κ2) is 3.87. The van der Waals surface area contributed by atoms with Crippen LogP contribution >= 0.6 is 0 Å². The molecular formula is C7H6BF2N3. The molecule has 0 unspecified atom stereocenters. The summed E-state index contributed by atoms with van der Waals surface area (Å²) in [5.74, 6) is -2.20. The molecule has 13 heavy (non-hydrogen) atoms. The van der Waals surface area contributed by atoms with Gasteiger partial charge in [0, 0.05) is 0 Å². The quantitative estimate of drug-likeness (QED) is 0.509. The predicted molar refractivity (Wildman–Crippen MR) is 46.4 cm³/mol. The first-order valence-electron chi connectivity index (χ1n) is 3.51. The molecule has 3 nitrogen and oxygen atoms in total. The summed E-state index contributed by atoms with van der Waals surface area (Å²) in [6.07, 6.45) is 0. The van der Waals surface area contributed by atoms with Crippen LogP contribution in [0.25, 0.3) is 0 Å². The van der Waals surface area contributed by atoms with E-state index in [2.05, 4.69) is 10.8 Å². The van der Waals surface area contributed by atoms with Crippen LogP contribution in [0.2, 0.25) is 0 Å². The molecule has 0 aromatic heterocycles. The number of benzene rings is 1. The molecule has 6 heteroatoms. The molecule has 0 fully saturated rings. The van der Waals surface area contributed by atoms with E-state index in [0.29, 0.717) is 0 Å². The molecule has 0 aliphatic rings. The van der Waals surface area contributed by atoms with Crippen molar-refractivity contribution in [3.8, 4) is 6.07 Å². The highest BCUT2D eigenvalue weighted by Crippen LogP contribution is 2.18. The second-order valence-corrected chi connectivity index (χ2v) is 2.28. The summed E-state index contributed by atoms with van der Waals surface area (Å²) in [6, 6.07) is 4.03. The zero-order valence-corrected chi connectivity index (χ0v) is 6.86. The summed E-state index contributed by atoms with van der Waals surface area (Å²) in [7, 11) is 1.52. The van der Waals surface area contributed by atoms with E-state index in [0.717, 1.165) is 0 Å². The van der Waals surface area contributed by atoms with Gasteiger partial charge in [-0.3, -0.25) is 5.34 Å². The van der Waals surface area contributed by atoms with Crippen molar-refractivity contribution in [1.29, 1.82) is 5.26 Å². The van der Waals surface area contributed by atoms with Crippen LogP contribution in [-0.2, 0) is 0 Å². The van der Waals surface area contributed by atoms with E-state index >= 15 is 0 Å². The van der Waals surface area contributed by atoms with Crippen molar-refractivity contribution in [2.24, 2.45) is 0 Å². The van der Waals surface area contributed by atoms with Crippen molar-refractivity contribution >= 4 is 13.7 Å². The predicted octanol–water partition coefficient (Wildman–Crippen LogP) is 0.301. The molecule has 0 radical (unpaired) electrons. The number of rotatable bonds is 2. The molecular weight excluding hydrogens is 175 g/mol. The van der Waals surface area contributed by atoms with E-state index < -0.39 is 11.6 Å². The second-order valence-electron chi connectivity index (χ2n) is 2.28. The normalized spacial score (nSPS) is 9.31. The van der Waals surface area contributed by atoms with Crippen molar-refractivity contribution < 1.29 is 8.78 Å². The fourth-order valence-electron chi connectivity index (χ4n) is 0.867. The van der Waals surface area contributed by atoms with E-state index in [1.807, 2.05) is 0 Å². The van der Waals surface area contributed by atoms with Crippen molar-refractivity contribution in [1.82, 2.24) is 5.34 Å². The first-order chi connectivity index (χ1) is 6.20. The van der Waals surface area contributed by atoms with Crippen LogP contribution in [0.3, 0.4) is 0 Å². The molecule has 1 aromatic rings. The Morgan fingerprint density at radius 2 is 2.00 bits per heavy atom. The average molecular weight is 181 g/mol. The molecule has 0 saturated carbocycles. The number of hydrogen-bond acceptors (Lipinski definition) is 3. The van der Waals surface area contributed by atoms with Crippen LogP contribution in [-0.4, -0.2) is 7.98 Å². The van der Waals surface area contributed by atoms with Gasteiger partial charge in [0.05, 0.1) is 11.3 Å². The third kappa shape index (κ3) is 1.76. The van der Waals surface area contributed by atoms with Gasteiger partial charge >= 0.3 is 0 Å². The largest absolute Gasteiger partial charge is 0.330 e. The maximum atomic E-state index is 13.0. The Labute approximate surface area is 74.8 Å². The zero-order chi connectivity index (χ0) is 9.84. The van der Waals surface area contributed by atoms with Crippen LogP contribution in [0.4, 0.5) is 14.5 Å². The SMILES string of the molecule is BNNc1ccc(C#N)c(F)c1F. The molecule has 1 aromatic carbocycles. The summed E-state index contributed by atoms with van der Waals surface area (Å²) in [6.45, 7) is 0. The molecule has 2 N–H and O–H groups in total. The standard InChI is InChI=1S/C7H6BF2N3/c8-13-12-5-2-1-4(3-11)6(9)7(5)10/h1-2,12-13H,8H2. The Bertz CT molecular complexity index is 361. The van der Waals surface area contributed by atoms with E-state index in [1.54, 1.807) is 6.07 Å². The molecule has 0 heterocycles. The number of halogens is 2. The van der Waals surface area contributed by atoms with Crippen LogP contribution in [0.15, 0.2) is 12.1 Å². The third-order valence-electron chi connectivity index (χ3n) is 1.46. The summed E-state index contributed by atoms with van der Waals surface area (Å²) < 4.78 is 25.9. The Hall–Kier alpha value is -1.61. The lowest BCUT2D eigenvalue weighted by molar-refractivity contribution is 0.508. The minimum absolute atomic E-state index is 0.0287. The van der Waals surface area contributed by atoms with Crippen LogP contribution in [0.5, 0.6) is 0 Å². The molecule has 1 rings (SSSR count). The minimum Gasteiger partial charge on any atom is -0.330 e. The maximum absolute atomic E-state index is 13.0. The molecule has 0 amide bonds. The van der Waals surface area contributed by atoms with Crippen LogP contribution < -0.4 is 10.8 Å². The third-order valence-corrected chi connectivity index (χ3v) is 1.46. The highest BCUT2D eigenvalue weighted by Gasteiger charge is 2.11. The lowest BCUT2D eigenvalue weighted by atomic mass is 10.2. The van der Waals surface area contributed by atoms with Crippen molar-refractivity contribution in [2.45, 2.75) is 0 Å². The Balaban J connectivity index is 3.17. The van der Waals surface area contributed by atoms with Crippen LogP contribution in [0.1, 0.15) is 5.56 Å². The lowest BCUT2D eigenvalue weighted by Crippen LogP contribution is -2.18. The van der Waals surface area contributed by atoms with Crippen molar-refractivity contribution in [3.63, 3.8) is 0 Å². The number of nitriles is 1. The first kappa shape index (κ1) is 9.48. The molecule has 0 spiro atoms. The minimum atomic E-state index is -1.14. The van der Waals surface area contributed by atoms with E-state index in [9.17, 15) is 8.78 Å². The molecule has 0 atom stereocenters. The summed E-state index contributed by atoms with van der Waals surface area (Å²) in [4.78, 5) is 0. The molecule has 0 aliphatic heterocycles. The fraction of sp³-hybridized carbons (Fsp3) is 0. The molecule has 0 saturated heterocycles. The Morgan fingerprint density at radius 1 is 1.31 bits per heavy atom. The van der Waals surface area contributed by atoms with Crippen molar-refractivity contribution in [2.75, 3.05) is 5.43 Å². The number of hydrazine groups is 1. The van der Waals surface area contributed by atoms with Gasteiger partial charge in [-0.2, -0.15) is 5.26 Å². The summed E-state index contributed by atoms with van der Waals surface area (Å²) in [5, 5.41) is 10.8. The first-order valence-corrected chi connectivity index (χ1v) is 3.51. The van der Waals surface area contributed by atoms with Crippen molar-refractivity contribution in [3.05, 3.63) is 29.3 Å². The fourth-order valence-corrected chi connectivity index (χ4v) is 0.867. The number of nitrogens with one attached hydrogen (secondary N) is 2. The van der Waals surface area contributed by atoms with Gasteiger partial charge in [-0.05, 0) is 12.1 Å². The van der Waals surface area contributed by atoms with E-state index in [-0.39, 0.29) is 11.3 Å². The van der Waals surface area contributed by atoms with Gasteiger partial charge in [-0.15, -0.1) is 0 Å². The molecule has 0 aliphatic carbocycles. The number of nitrogens with zero attached hydrogens (tertiary/aromatic N) is 1. The van der Waals surface area contributed by atoms with Gasteiger partial charge in [0.25, 0.3) is 0 Å². The Kier molecular flexibility index (Phi) is 2.82. The molecule has 0 bridgehead atoms. The Morgan fingerprint density at radius 3 is 2.54 bits per heavy atom. The van der Waals surface area contributed by atoms with E-state index in [1.165, 1.54) is 20.1 Å². The van der Waals surface area contributed by atoms with Gasteiger partial charge in [-0.1, -0.05) is 0 Å². The van der Waals surface area contributed by atoms with Gasteiger partial charge in [-0.25, -0.2) is 8.78 Å². The van der Waals surface area contributed by atoms with Gasteiger partial charge in [0.15, 0.2) is 11.6 Å². The van der Waals surface area contributed by atoms with Crippen LogP contribution in [0, 0.1) is 23.0 Å². The number of anilines is 1. The van der Waals surface area contributed by atoms with E-state index in [4.69, 9.17) is 5.26 Å². The lowest BCUT2D eigenvalue weighted by Gasteiger charge is -2.06. The van der Waals surface area contributed by atoms with Gasteiger partial charge in [0.2, 0.25) is 7.98 Å². The topological polar surface area (TPSA) is 47.8 Å². The maximum Gasteiger partial charge on any atom is 0.208 e. The smallest absolute Gasteiger partial charge is 0.208 e. The highest BCUT2D eigenvalue weighted by atomic mass is 19.2. The molecule has 66 valence electrons. The highest BCUT2D eigenvalue weighted by molar-refractivity contribution is 6.05. The summed E-state index contributed by atoms with van der Waals surface area (Å²) >= 11 is 0. The monoisotopic (exact) mass is 181 g/mol. The number of hydrogen-bond donors (Lipinski definition) is 2. The average Bonchev–Trinajstić information content (AvgIpc) is 2.14. The summed E-state index contributed by atoms with van der Waals surface area (Å²) in [5.41, 5.74) is 2.06. The van der Waals surface area contributed by atoms with Gasteiger partial charge in [0.1, 0.15) is 6.07 Å². The van der Waals surface area contributed by atoms with Gasteiger partial charge < -0.3 is 5.43 Å². The zero-order valence-electron chi connectivity index (χ0n) is 6.86.